The molecule has 0 atom stereocenters. The quantitative estimate of drug-likeness (QED) is 0.863. The lowest BCUT2D eigenvalue weighted by molar-refractivity contribution is 0.878. The first-order valence-corrected chi connectivity index (χ1v) is 6.13. The molecule has 3 nitrogen and oxygen atoms in total. The molecule has 4 heteroatoms. The highest BCUT2D eigenvalue weighted by Gasteiger charge is 2.07. The van der Waals surface area contributed by atoms with E-state index in [-0.39, 0.29) is 0 Å². The van der Waals surface area contributed by atoms with Crippen LogP contribution in [0.3, 0.4) is 0 Å². The Bertz CT molecular complexity index is 554. The van der Waals surface area contributed by atoms with Crippen molar-refractivity contribution in [3.05, 3.63) is 52.8 Å². The van der Waals surface area contributed by atoms with Crippen molar-refractivity contribution >= 4 is 23.0 Å². The van der Waals surface area contributed by atoms with Crippen molar-refractivity contribution < 1.29 is 0 Å². The maximum Gasteiger partial charge on any atom is 0.0601 e. The molecule has 2 aromatic rings. The summed E-state index contributed by atoms with van der Waals surface area (Å²) in [7, 11) is 1.99. The van der Waals surface area contributed by atoms with E-state index in [1.165, 1.54) is 0 Å². The molecule has 0 bridgehead atoms. The summed E-state index contributed by atoms with van der Waals surface area (Å²) in [6, 6.07) is 11.5. The van der Waals surface area contributed by atoms with Gasteiger partial charge < -0.3 is 10.6 Å². The number of halogens is 1. The molecular formula is C14H16ClN3. The van der Waals surface area contributed by atoms with E-state index in [1.807, 2.05) is 44.3 Å². The Morgan fingerprint density at radius 1 is 1.28 bits per heavy atom. The van der Waals surface area contributed by atoms with Crippen LogP contribution in [0.15, 0.2) is 36.4 Å². The predicted molar refractivity (Wildman–Crippen MR) is 76.9 cm³/mol. The van der Waals surface area contributed by atoms with Crippen LogP contribution >= 0.6 is 11.6 Å². The van der Waals surface area contributed by atoms with E-state index in [9.17, 15) is 0 Å². The molecule has 0 aliphatic carbocycles. The van der Waals surface area contributed by atoms with Crippen LogP contribution in [0.5, 0.6) is 0 Å². The zero-order valence-electron chi connectivity index (χ0n) is 10.5. The third-order valence-electron chi connectivity index (χ3n) is 2.75. The van der Waals surface area contributed by atoms with Crippen molar-refractivity contribution in [1.29, 1.82) is 0 Å². The van der Waals surface area contributed by atoms with E-state index in [0.717, 1.165) is 17.1 Å². The monoisotopic (exact) mass is 261 g/mol. The van der Waals surface area contributed by atoms with Gasteiger partial charge in [-0.1, -0.05) is 17.7 Å². The number of hydrogen-bond acceptors (Lipinski definition) is 3. The topological polar surface area (TPSA) is 42.1 Å². The number of aromatic nitrogens is 1. The summed E-state index contributed by atoms with van der Waals surface area (Å²) in [5, 5.41) is 0.651. The first kappa shape index (κ1) is 12.7. The maximum atomic E-state index is 5.96. The molecule has 0 aliphatic rings. The summed E-state index contributed by atoms with van der Waals surface area (Å²) >= 11 is 5.89. The third kappa shape index (κ3) is 2.93. The van der Waals surface area contributed by atoms with Crippen molar-refractivity contribution in [2.45, 2.75) is 13.5 Å². The molecule has 94 valence electrons. The second-order valence-corrected chi connectivity index (χ2v) is 4.77. The largest absolute Gasteiger partial charge is 0.397 e. The second-order valence-electron chi connectivity index (χ2n) is 4.33. The van der Waals surface area contributed by atoms with E-state index >= 15 is 0 Å². The average molecular weight is 262 g/mol. The molecule has 0 unspecified atom stereocenters. The van der Waals surface area contributed by atoms with Crippen LogP contribution in [0, 0.1) is 6.92 Å². The summed E-state index contributed by atoms with van der Waals surface area (Å²) in [6.45, 7) is 2.70. The van der Waals surface area contributed by atoms with Crippen molar-refractivity contribution in [1.82, 2.24) is 4.98 Å². The average Bonchev–Trinajstić information content (AvgIpc) is 2.28. The molecule has 0 saturated heterocycles. The van der Waals surface area contributed by atoms with Gasteiger partial charge in [0.15, 0.2) is 0 Å². The minimum Gasteiger partial charge on any atom is -0.397 e. The standard InChI is InChI=1S/C14H16ClN3/c1-10-4-3-5-12(17-10)9-18(2)14-7-6-11(15)8-13(14)16/h3-8H,9,16H2,1-2H3. The van der Waals surface area contributed by atoms with E-state index in [2.05, 4.69) is 9.88 Å². The molecule has 0 spiro atoms. The van der Waals surface area contributed by atoms with Crippen LogP contribution in [0.4, 0.5) is 11.4 Å². The number of aryl methyl sites for hydroxylation is 1. The van der Waals surface area contributed by atoms with Crippen LogP contribution in [0.1, 0.15) is 11.4 Å². The molecule has 1 aromatic carbocycles. The molecular weight excluding hydrogens is 246 g/mol. The molecule has 1 aromatic heterocycles. The number of rotatable bonds is 3. The molecule has 2 rings (SSSR count). The molecule has 1 heterocycles. The van der Waals surface area contributed by atoms with Gasteiger partial charge in [0.1, 0.15) is 0 Å². The zero-order valence-corrected chi connectivity index (χ0v) is 11.3. The molecule has 2 N–H and O–H groups in total. The van der Waals surface area contributed by atoms with Crippen molar-refractivity contribution in [3.63, 3.8) is 0 Å². The molecule has 0 fully saturated rings. The highest BCUT2D eigenvalue weighted by molar-refractivity contribution is 6.31. The number of hydrogen-bond donors (Lipinski definition) is 1. The van der Waals surface area contributed by atoms with Crippen LogP contribution in [0.25, 0.3) is 0 Å². The van der Waals surface area contributed by atoms with Gasteiger partial charge in [0, 0.05) is 17.8 Å². The Morgan fingerprint density at radius 2 is 2.06 bits per heavy atom. The van der Waals surface area contributed by atoms with Gasteiger partial charge in [0.25, 0.3) is 0 Å². The minimum absolute atomic E-state index is 0.651. The van der Waals surface area contributed by atoms with Crippen LogP contribution in [-0.2, 0) is 6.54 Å². The number of benzene rings is 1. The van der Waals surface area contributed by atoms with Crippen LogP contribution < -0.4 is 10.6 Å². The number of nitrogen functional groups attached to an aromatic ring is 1. The summed E-state index contributed by atoms with van der Waals surface area (Å²) in [6.07, 6.45) is 0. The zero-order chi connectivity index (χ0) is 13.1. The van der Waals surface area contributed by atoms with E-state index in [0.29, 0.717) is 17.3 Å². The summed E-state index contributed by atoms with van der Waals surface area (Å²) < 4.78 is 0. The van der Waals surface area contributed by atoms with Gasteiger partial charge in [-0.3, -0.25) is 4.98 Å². The highest BCUT2D eigenvalue weighted by Crippen LogP contribution is 2.26. The lowest BCUT2D eigenvalue weighted by Gasteiger charge is -2.21. The number of nitrogens with two attached hydrogens (primary N) is 1. The number of anilines is 2. The third-order valence-corrected chi connectivity index (χ3v) is 2.98. The van der Waals surface area contributed by atoms with Crippen molar-refractivity contribution in [2.24, 2.45) is 0 Å². The fourth-order valence-electron chi connectivity index (χ4n) is 1.89. The first-order valence-electron chi connectivity index (χ1n) is 5.75. The van der Waals surface area contributed by atoms with Gasteiger partial charge >= 0.3 is 0 Å². The summed E-state index contributed by atoms with van der Waals surface area (Å²) in [4.78, 5) is 6.54. The van der Waals surface area contributed by atoms with Gasteiger partial charge in [-0.05, 0) is 37.3 Å². The van der Waals surface area contributed by atoms with E-state index in [1.54, 1.807) is 6.07 Å². The van der Waals surface area contributed by atoms with Gasteiger partial charge in [-0.25, -0.2) is 0 Å². The molecule has 0 radical (unpaired) electrons. The Morgan fingerprint density at radius 3 is 2.72 bits per heavy atom. The van der Waals surface area contributed by atoms with Crippen molar-refractivity contribution in [3.8, 4) is 0 Å². The summed E-state index contributed by atoms with van der Waals surface area (Å²) in [5.41, 5.74) is 9.64. The Balaban J connectivity index is 2.19. The van der Waals surface area contributed by atoms with Gasteiger partial charge in [0.05, 0.1) is 23.6 Å². The van der Waals surface area contributed by atoms with Crippen LogP contribution in [-0.4, -0.2) is 12.0 Å². The SMILES string of the molecule is Cc1cccc(CN(C)c2ccc(Cl)cc2N)n1. The van der Waals surface area contributed by atoms with Gasteiger partial charge in [-0.2, -0.15) is 0 Å². The number of pyridine rings is 1. The predicted octanol–water partition coefficient (Wildman–Crippen LogP) is 3.26. The normalized spacial score (nSPS) is 10.4. The van der Waals surface area contributed by atoms with Crippen LogP contribution in [0.2, 0.25) is 5.02 Å². The first-order chi connectivity index (χ1) is 8.56. The van der Waals surface area contributed by atoms with E-state index < -0.39 is 0 Å². The fraction of sp³-hybridized carbons (Fsp3) is 0.214. The Kier molecular flexibility index (Phi) is 3.72. The van der Waals surface area contributed by atoms with Crippen molar-refractivity contribution in [2.75, 3.05) is 17.7 Å². The van der Waals surface area contributed by atoms with E-state index in [4.69, 9.17) is 17.3 Å². The number of nitrogens with zero attached hydrogens (tertiary/aromatic N) is 2. The minimum atomic E-state index is 0.651. The molecule has 0 saturated carbocycles. The highest BCUT2D eigenvalue weighted by atomic mass is 35.5. The lowest BCUT2D eigenvalue weighted by atomic mass is 10.2. The molecule has 0 amide bonds. The smallest absolute Gasteiger partial charge is 0.0601 e. The fourth-order valence-corrected chi connectivity index (χ4v) is 2.07. The Hall–Kier alpha value is -1.74. The Labute approximate surface area is 112 Å². The lowest BCUT2D eigenvalue weighted by Crippen LogP contribution is -2.18. The molecule has 18 heavy (non-hydrogen) atoms. The summed E-state index contributed by atoms with van der Waals surface area (Å²) in [5.74, 6) is 0. The maximum absolute atomic E-state index is 5.96. The van der Waals surface area contributed by atoms with Gasteiger partial charge in [-0.15, -0.1) is 0 Å². The second kappa shape index (κ2) is 5.27. The van der Waals surface area contributed by atoms with Gasteiger partial charge in [0.2, 0.25) is 0 Å². The molecule has 0 aliphatic heterocycles.